The van der Waals surface area contributed by atoms with Gasteiger partial charge in [0.05, 0.1) is 13.7 Å². The molecule has 0 atom stereocenters. The molecule has 98 valence electrons. The number of aryl methyl sites for hydroxylation is 1. The summed E-state index contributed by atoms with van der Waals surface area (Å²) in [6.07, 6.45) is 2.09. The van der Waals surface area contributed by atoms with Crippen molar-refractivity contribution in [2.24, 2.45) is 0 Å². The van der Waals surface area contributed by atoms with Gasteiger partial charge in [0.25, 0.3) is 5.91 Å². The van der Waals surface area contributed by atoms with E-state index < -0.39 is 0 Å². The molecule has 1 aromatic rings. The minimum absolute atomic E-state index is 0.00621. The largest absolute Gasteiger partial charge is 0.497 e. The second-order valence-electron chi connectivity index (χ2n) is 4.63. The molecule has 0 spiro atoms. The van der Waals surface area contributed by atoms with Gasteiger partial charge in [-0.3, -0.25) is 4.79 Å². The normalized spacial score (nSPS) is 14.4. The van der Waals surface area contributed by atoms with Crippen molar-refractivity contribution in [3.8, 4) is 5.75 Å². The standard InChI is InChI=1S/C14H19NO3/c1-10-9-12(18-2)5-6-13(10)14(17)15(7-8-16)11-3-4-11/h5-6,9,11,16H,3-4,7-8H2,1-2H3. The number of carbonyl (C=O) groups excluding carboxylic acids is 1. The molecule has 4 nitrogen and oxygen atoms in total. The van der Waals surface area contributed by atoms with Gasteiger partial charge in [0, 0.05) is 18.2 Å². The summed E-state index contributed by atoms with van der Waals surface area (Å²) in [5.41, 5.74) is 1.60. The van der Waals surface area contributed by atoms with Crippen molar-refractivity contribution in [2.45, 2.75) is 25.8 Å². The fourth-order valence-electron chi connectivity index (χ4n) is 2.10. The molecule has 1 aromatic carbocycles. The second-order valence-corrected chi connectivity index (χ2v) is 4.63. The van der Waals surface area contributed by atoms with E-state index in [1.807, 2.05) is 13.0 Å². The predicted molar refractivity (Wildman–Crippen MR) is 68.9 cm³/mol. The maximum absolute atomic E-state index is 12.4. The zero-order valence-electron chi connectivity index (χ0n) is 10.8. The Hall–Kier alpha value is -1.55. The Labute approximate surface area is 107 Å². The van der Waals surface area contributed by atoms with Crippen molar-refractivity contribution < 1.29 is 14.6 Å². The SMILES string of the molecule is COc1ccc(C(=O)N(CCO)C2CC2)c(C)c1. The minimum Gasteiger partial charge on any atom is -0.497 e. The number of benzene rings is 1. The highest BCUT2D eigenvalue weighted by atomic mass is 16.5. The Bertz CT molecular complexity index is 441. The molecule has 0 saturated heterocycles. The van der Waals surface area contributed by atoms with E-state index in [2.05, 4.69) is 0 Å². The van der Waals surface area contributed by atoms with Crippen LogP contribution in [0.2, 0.25) is 0 Å². The van der Waals surface area contributed by atoms with E-state index in [1.165, 1.54) is 0 Å². The summed E-state index contributed by atoms with van der Waals surface area (Å²) in [4.78, 5) is 14.2. The number of aliphatic hydroxyl groups is 1. The molecule has 4 heteroatoms. The summed E-state index contributed by atoms with van der Waals surface area (Å²) in [5.74, 6) is 0.760. The highest BCUT2D eigenvalue weighted by Gasteiger charge is 2.33. The zero-order valence-corrected chi connectivity index (χ0v) is 10.8. The first-order valence-electron chi connectivity index (χ1n) is 6.24. The summed E-state index contributed by atoms with van der Waals surface area (Å²) >= 11 is 0. The van der Waals surface area contributed by atoms with Crippen LogP contribution >= 0.6 is 0 Å². The maximum atomic E-state index is 12.4. The van der Waals surface area contributed by atoms with E-state index in [9.17, 15) is 4.79 Å². The van der Waals surface area contributed by atoms with Gasteiger partial charge in [-0.2, -0.15) is 0 Å². The van der Waals surface area contributed by atoms with Crippen molar-refractivity contribution in [3.05, 3.63) is 29.3 Å². The summed E-state index contributed by atoms with van der Waals surface area (Å²) in [6, 6.07) is 5.76. The third kappa shape index (κ3) is 2.64. The highest BCUT2D eigenvalue weighted by molar-refractivity contribution is 5.96. The number of rotatable bonds is 5. The molecule has 1 aliphatic rings. The summed E-state index contributed by atoms with van der Waals surface area (Å²) in [7, 11) is 1.61. The number of hydrogen-bond acceptors (Lipinski definition) is 3. The zero-order chi connectivity index (χ0) is 13.1. The number of aliphatic hydroxyl groups excluding tert-OH is 1. The molecule has 0 bridgehead atoms. The van der Waals surface area contributed by atoms with Crippen LogP contribution < -0.4 is 4.74 Å². The van der Waals surface area contributed by atoms with Gasteiger partial charge in [0.2, 0.25) is 0 Å². The smallest absolute Gasteiger partial charge is 0.254 e. The third-order valence-electron chi connectivity index (χ3n) is 3.25. The molecule has 1 saturated carbocycles. The quantitative estimate of drug-likeness (QED) is 0.862. The summed E-state index contributed by atoms with van der Waals surface area (Å²) in [6.45, 7) is 2.33. The van der Waals surface area contributed by atoms with Crippen molar-refractivity contribution in [2.75, 3.05) is 20.3 Å². The molecule has 0 heterocycles. The molecular formula is C14H19NO3. The van der Waals surface area contributed by atoms with Crippen LogP contribution in [0.3, 0.4) is 0 Å². The number of methoxy groups -OCH3 is 1. The van der Waals surface area contributed by atoms with Crippen LogP contribution in [0.15, 0.2) is 18.2 Å². The Balaban J connectivity index is 2.21. The monoisotopic (exact) mass is 249 g/mol. The van der Waals surface area contributed by atoms with Crippen LogP contribution in [0, 0.1) is 6.92 Å². The molecule has 1 aliphatic carbocycles. The van der Waals surface area contributed by atoms with E-state index in [0.717, 1.165) is 24.2 Å². The number of amides is 1. The van der Waals surface area contributed by atoms with E-state index in [4.69, 9.17) is 9.84 Å². The van der Waals surface area contributed by atoms with E-state index >= 15 is 0 Å². The first-order chi connectivity index (χ1) is 8.67. The highest BCUT2D eigenvalue weighted by Crippen LogP contribution is 2.29. The lowest BCUT2D eigenvalue weighted by Gasteiger charge is -2.22. The lowest BCUT2D eigenvalue weighted by atomic mass is 10.1. The maximum Gasteiger partial charge on any atom is 0.254 e. The Morgan fingerprint density at radius 1 is 1.50 bits per heavy atom. The van der Waals surface area contributed by atoms with Gasteiger partial charge in [-0.15, -0.1) is 0 Å². The Morgan fingerprint density at radius 3 is 2.72 bits per heavy atom. The average molecular weight is 249 g/mol. The van der Waals surface area contributed by atoms with Crippen LogP contribution in [0.1, 0.15) is 28.8 Å². The molecule has 1 amide bonds. The fourth-order valence-corrected chi connectivity index (χ4v) is 2.10. The van der Waals surface area contributed by atoms with Crippen LogP contribution in [0.25, 0.3) is 0 Å². The molecular weight excluding hydrogens is 230 g/mol. The Kier molecular flexibility index (Phi) is 3.87. The van der Waals surface area contributed by atoms with Crippen LogP contribution in [0.5, 0.6) is 5.75 Å². The van der Waals surface area contributed by atoms with Crippen molar-refractivity contribution in [1.29, 1.82) is 0 Å². The second kappa shape index (κ2) is 5.40. The fraction of sp³-hybridized carbons (Fsp3) is 0.500. The Morgan fingerprint density at radius 2 is 2.22 bits per heavy atom. The minimum atomic E-state index is 0.00621. The predicted octanol–water partition coefficient (Wildman–Crippen LogP) is 1.60. The lowest BCUT2D eigenvalue weighted by molar-refractivity contribution is 0.0707. The van der Waals surface area contributed by atoms with Gasteiger partial charge >= 0.3 is 0 Å². The van der Waals surface area contributed by atoms with Crippen molar-refractivity contribution >= 4 is 5.91 Å². The van der Waals surface area contributed by atoms with E-state index in [-0.39, 0.29) is 12.5 Å². The number of ether oxygens (including phenoxy) is 1. The third-order valence-corrected chi connectivity index (χ3v) is 3.25. The van der Waals surface area contributed by atoms with Gasteiger partial charge in [-0.25, -0.2) is 0 Å². The van der Waals surface area contributed by atoms with Gasteiger partial charge in [-0.05, 0) is 43.5 Å². The molecule has 0 aromatic heterocycles. The van der Waals surface area contributed by atoms with Crippen LogP contribution in [-0.2, 0) is 0 Å². The molecule has 1 fully saturated rings. The van der Waals surface area contributed by atoms with Gasteiger partial charge in [0.15, 0.2) is 0 Å². The summed E-state index contributed by atoms with van der Waals surface area (Å²) < 4.78 is 5.13. The van der Waals surface area contributed by atoms with Crippen molar-refractivity contribution in [3.63, 3.8) is 0 Å². The van der Waals surface area contributed by atoms with Crippen LogP contribution in [0.4, 0.5) is 0 Å². The molecule has 0 aliphatic heterocycles. The van der Waals surface area contributed by atoms with Gasteiger partial charge in [0.1, 0.15) is 5.75 Å². The van der Waals surface area contributed by atoms with Crippen LogP contribution in [-0.4, -0.2) is 42.2 Å². The number of nitrogens with zero attached hydrogens (tertiary/aromatic N) is 1. The lowest BCUT2D eigenvalue weighted by Crippen LogP contribution is -2.35. The van der Waals surface area contributed by atoms with E-state index in [0.29, 0.717) is 18.2 Å². The number of hydrogen-bond donors (Lipinski definition) is 1. The van der Waals surface area contributed by atoms with E-state index in [1.54, 1.807) is 24.1 Å². The topological polar surface area (TPSA) is 49.8 Å². The molecule has 0 unspecified atom stereocenters. The molecule has 2 rings (SSSR count). The van der Waals surface area contributed by atoms with Gasteiger partial charge < -0.3 is 14.7 Å². The summed E-state index contributed by atoms with van der Waals surface area (Å²) in [5, 5.41) is 9.05. The first kappa shape index (κ1) is 12.9. The molecule has 18 heavy (non-hydrogen) atoms. The first-order valence-corrected chi connectivity index (χ1v) is 6.24. The van der Waals surface area contributed by atoms with Crippen molar-refractivity contribution in [1.82, 2.24) is 4.90 Å². The molecule has 1 N–H and O–H groups in total. The molecule has 0 radical (unpaired) electrons. The van der Waals surface area contributed by atoms with Gasteiger partial charge in [-0.1, -0.05) is 0 Å². The number of carbonyl (C=O) groups is 1. The average Bonchev–Trinajstić information content (AvgIpc) is 3.19.